The second kappa shape index (κ2) is 4.06. The van der Waals surface area contributed by atoms with Crippen LogP contribution < -0.4 is 5.73 Å². The third kappa shape index (κ3) is 2.83. The molecule has 82 valence electrons. The Morgan fingerprint density at radius 2 is 1.73 bits per heavy atom. The maximum absolute atomic E-state index is 12.2. The summed E-state index contributed by atoms with van der Waals surface area (Å²) in [6, 6.07) is 4.40. The van der Waals surface area contributed by atoms with Crippen molar-refractivity contribution in [1.29, 1.82) is 0 Å². The molecule has 0 saturated heterocycles. The van der Waals surface area contributed by atoms with E-state index in [9.17, 15) is 13.2 Å². The average molecular weight is 215 g/mol. The van der Waals surface area contributed by atoms with Gasteiger partial charge in [0, 0.05) is 0 Å². The Morgan fingerprint density at radius 1 is 1.27 bits per heavy atom. The van der Waals surface area contributed by atoms with E-state index in [1.165, 1.54) is 12.1 Å². The molecule has 0 saturated carbocycles. The van der Waals surface area contributed by atoms with Gasteiger partial charge in [-0.15, -0.1) is 0 Å². The zero-order valence-corrected chi connectivity index (χ0v) is 8.31. The van der Waals surface area contributed by atoms with Gasteiger partial charge in [0.25, 0.3) is 0 Å². The Labute approximate surface area is 86.4 Å². The molecule has 1 nitrogen and oxygen atoms in total. The minimum atomic E-state index is -4.30. The molecule has 0 heterocycles. The Morgan fingerprint density at radius 3 is 2.07 bits per heavy atom. The summed E-state index contributed by atoms with van der Waals surface area (Å²) < 4.78 is 36.7. The molecule has 0 fully saturated rings. The summed E-state index contributed by atoms with van der Waals surface area (Å²) in [6.45, 7) is 5.39. The maximum Gasteiger partial charge on any atom is 0.416 e. The fourth-order valence-electron chi connectivity index (χ4n) is 1.16. The average Bonchev–Trinajstić information content (AvgIpc) is 2.15. The highest BCUT2D eigenvalue weighted by atomic mass is 19.4. The molecule has 1 rings (SSSR count). The Bertz CT molecular complexity index is 351. The summed E-state index contributed by atoms with van der Waals surface area (Å²) in [7, 11) is 0. The quantitative estimate of drug-likeness (QED) is 0.753. The van der Waals surface area contributed by atoms with Gasteiger partial charge in [0.15, 0.2) is 0 Å². The minimum absolute atomic E-state index is 0.410. The van der Waals surface area contributed by atoms with E-state index in [-0.39, 0.29) is 0 Å². The van der Waals surface area contributed by atoms with Crippen LogP contribution in [0.2, 0.25) is 0 Å². The van der Waals surface area contributed by atoms with Gasteiger partial charge in [-0.3, -0.25) is 0 Å². The van der Waals surface area contributed by atoms with E-state index >= 15 is 0 Å². The first-order chi connectivity index (χ1) is 6.82. The van der Waals surface area contributed by atoms with Crippen molar-refractivity contribution in [3.8, 4) is 0 Å². The van der Waals surface area contributed by atoms with Gasteiger partial charge in [-0.2, -0.15) is 13.2 Å². The molecule has 2 N–H and O–H groups in total. The molecule has 0 aliphatic heterocycles. The summed E-state index contributed by atoms with van der Waals surface area (Å²) in [6.07, 6.45) is -4.30. The van der Waals surface area contributed by atoms with Crippen LogP contribution in [0, 0.1) is 0 Å². The maximum atomic E-state index is 12.2. The van der Waals surface area contributed by atoms with Crippen molar-refractivity contribution in [3.63, 3.8) is 0 Å². The molecule has 4 heteroatoms. The molecular formula is C11H12F3N. The van der Waals surface area contributed by atoms with Gasteiger partial charge in [-0.1, -0.05) is 24.3 Å². The molecule has 1 aromatic carbocycles. The smallest absolute Gasteiger partial charge is 0.321 e. The van der Waals surface area contributed by atoms with Gasteiger partial charge < -0.3 is 5.73 Å². The van der Waals surface area contributed by atoms with E-state index < -0.39 is 17.8 Å². The lowest BCUT2D eigenvalue weighted by Gasteiger charge is -2.13. The van der Waals surface area contributed by atoms with Crippen LogP contribution in [0.1, 0.15) is 24.1 Å². The highest BCUT2D eigenvalue weighted by molar-refractivity contribution is 5.30. The van der Waals surface area contributed by atoms with Crippen LogP contribution in [0.5, 0.6) is 0 Å². The monoisotopic (exact) mass is 215 g/mol. The number of hydrogen-bond donors (Lipinski definition) is 1. The van der Waals surface area contributed by atoms with Crippen LogP contribution in [0.25, 0.3) is 0 Å². The van der Waals surface area contributed by atoms with E-state index in [1.807, 2.05) is 0 Å². The number of rotatable bonds is 2. The largest absolute Gasteiger partial charge is 0.416 e. The van der Waals surface area contributed by atoms with E-state index in [2.05, 4.69) is 6.58 Å². The van der Waals surface area contributed by atoms with E-state index in [4.69, 9.17) is 5.73 Å². The molecule has 1 atom stereocenters. The van der Waals surface area contributed by atoms with Crippen molar-refractivity contribution in [1.82, 2.24) is 0 Å². The van der Waals surface area contributed by atoms with Gasteiger partial charge in [0.05, 0.1) is 11.6 Å². The van der Waals surface area contributed by atoms with E-state index in [0.29, 0.717) is 5.56 Å². The van der Waals surface area contributed by atoms with Gasteiger partial charge >= 0.3 is 6.18 Å². The molecule has 0 radical (unpaired) electrons. The Kier molecular flexibility index (Phi) is 3.19. The van der Waals surface area contributed by atoms with Crippen LogP contribution in [0.15, 0.2) is 36.4 Å². The molecule has 1 aromatic rings. The van der Waals surface area contributed by atoms with Gasteiger partial charge in [0.1, 0.15) is 0 Å². The van der Waals surface area contributed by atoms with Crippen molar-refractivity contribution < 1.29 is 13.2 Å². The lowest BCUT2D eigenvalue weighted by molar-refractivity contribution is -0.137. The minimum Gasteiger partial charge on any atom is -0.321 e. The van der Waals surface area contributed by atoms with Crippen LogP contribution >= 0.6 is 0 Å². The molecular weight excluding hydrogens is 203 g/mol. The molecule has 0 aromatic heterocycles. The zero-order chi connectivity index (χ0) is 11.6. The van der Waals surface area contributed by atoms with E-state index in [0.717, 1.165) is 17.7 Å². The molecule has 0 aliphatic carbocycles. The number of benzene rings is 1. The predicted octanol–water partition coefficient (Wildman–Crippen LogP) is 3.28. The summed E-state index contributed by atoms with van der Waals surface area (Å²) in [5.41, 5.74) is 6.40. The topological polar surface area (TPSA) is 26.0 Å². The number of nitrogens with two attached hydrogens (primary N) is 1. The SMILES string of the molecule is C=C(C)C(N)c1ccc(C(F)(F)F)cc1. The molecule has 15 heavy (non-hydrogen) atoms. The van der Waals surface area contributed by atoms with Crippen molar-refractivity contribution in [2.45, 2.75) is 19.1 Å². The molecule has 0 bridgehead atoms. The number of hydrogen-bond acceptors (Lipinski definition) is 1. The predicted molar refractivity (Wildman–Crippen MR) is 53.2 cm³/mol. The fourth-order valence-corrected chi connectivity index (χ4v) is 1.16. The van der Waals surface area contributed by atoms with Gasteiger partial charge in [0.2, 0.25) is 0 Å². The van der Waals surface area contributed by atoms with Crippen LogP contribution in [-0.4, -0.2) is 0 Å². The number of alkyl halides is 3. The molecule has 0 spiro atoms. The first-order valence-electron chi connectivity index (χ1n) is 4.40. The summed E-state index contributed by atoms with van der Waals surface area (Å²) in [5.74, 6) is 0. The first kappa shape index (κ1) is 11.8. The zero-order valence-electron chi connectivity index (χ0n) is 8.31. The van der Waals surface area contributed by atoms with Crippen molar-refractivity contribution in [2.75, 3.05) is 0 Å². The molecule has 0 aliphatic rings. The summed E-state index contributed by atoms with van der Waals surface area (Å²) >= 11 is 0. The van der Waals surface area contributed by atoms with Crippen LogP contribution in [0.3, 0.4) is 0 Å². The second-order valence-electron chi connectivity index (χ2n) is 3.44. The van der Waals surface area contributed by atoms with Gasteiger partial charge in [-0.25, -0.2) is 0 Å². The normalized spacial score (nSPS) is 13.7. The lowest BCUT2D eigenvalue weighted by atomic mass is 10.0. The third-order valence-corrected chi connectivity index (χ3v) is 2.13. The highest BCUT2D eigenvalue weighted by Gasteiger charge is 2.30. The summed E-state index contributed by atoms with van der Waals surface area (Å²) in [5, 5.41) is 0. The standard InChI is InChI=1S/C11H12F3N/c1-7(2)10(15)8-3-5-9(6-4-8)11(12,13)14/h3-6,10H,1,15H2,2H3. The Hall–Kier alpha value is -1.29. The molecule has 0 amide bonds. The number of halogens is 3. The third-order valence-electron chi connectivity index (χ3n) is 2.13. The fraction of sp³-hybridized carbons (Fsp3) is 0.273. The highest BCUT2D eigenvalue weighted by Crippen LogP contribution is 2.30. The Balaban J connectivity index is 2.95. The second-order valence-corrected chi connectivity index (χ2v) is 3.44. The van der Waals surface area contributed by atoms with Crippen molar-refractivity contribution >= 4 is 0 Å². The van der Waals surface area contributed by atoms with E-state index in [1.54, 1.807) is 6.92 Å². The van der Waals surface area contributed by atoms with Gasteiger partial charge in [-0.05, 0) is 24.6 Å². The van der Waals surface area contributed by atoms with Crippen LogP contribution in [0.4, 0.5) is 13.2 Å². The first-order valence-corrected chi connectivity index (χ1v) is 4.40. The van der Waals surface area contributed by atoms with Crippen LogP contribution in [-0.2, 0) is 6.18 Å². The van der Waals surface area contributed by atoms with Crippen molar-refractivity contribution in [2.24, 2.45) is 5.73 Å². The summed E-state index contributed by atoms with van der Waals surface area (Å²) in [4.78, 5) is 0. The van der Waals surface area contributed by atoms with Crippen molar-refractivity contribution in [3.05, 3.63) is 47.5 Å². The lowest BCUT2D eigenvalue weighted by Crippen LogP contribution is -2.11. The molecule has 1 unspecified atom stereocenters.